The standard InChI is InChI=1S/C23H18N8O2/c1-14(17-12-11-15-7-5-6-10-18(15)13-17)25-27-23(32)19-20(16-8-3-2-4-9-16)31(30-26-19)22-21(24)28-33-29-22/h2-13H,1H3,(H2,24,28)(H,27,32)/b25-14-. The van der Waals surface area contributed by atoms with E-state index in [4.69, 9.17) is 5.73 Å². The quantitative estimate of drug-likeness (QED) is 0.317. The lowest BCUT2D eigenvalue weighted by Crippen LogP contribution is -2.21. The van der Waals surface area contributed by atoms with Crippen molar-refractivity contribution in [2.45, 2.75) is 6.92 Å². The van der Waals surface area contributed by atoms with Crippen LogP contribution in [0.15, 0.2) is 82.5 Å². The van der Waals surface area contributed by atoms with Crippen LogP contribution in [0.3, 0.4) is 0 Å². The fraction of sp³-hybridized carbons (Fsp3) is 0.0435. The Morgan fingerprint density at radius 2 is 1.76 bits per heavy atom. The van der Waals surface area contributed by atoms with E-state index in [1.807, 2.05) is 79.7 Å². The van der Waals surface area contributed by atoms with Crippen LogP contribution in [0.25, 0.3) is 27.8 Å². The summed E-state index contributed by atoms with van der Waals surface area (Å²) < 4.78 is 6.00. The number of anilines is 1. The van der Waals surface area contributed by atoms with Crippen LogP contribution in [0.2, 0.25) is 0 Å². The molecule has 10 heteroatoms. The summed E-state index contributed by atoms with van der Waals surface area (Å²) in [6.07, 6.45) is 0. The van der Waals surface area contributed by atoms with E-state index in [0.29, 0.717) is 17.0 Å². The minimum atomic E-state index is -0.532. The normalized spacial score (nSPS) is 11.6. The summed E-state index contributed by atoms with van der Waals surface area (Å²) in [7, 11) is 0. The molecule has 0 aliphatic heterocycles. The first kappa shape index (κ1) is 20.1. The zero-order valence-electron chi connectivity index (χ0n) is 17.5. The van der Waals surface area contributed by atoms with Crippen molar-refractivity contribution in [3.63, 3.8) is 0 Å². The first-order valence-electron chi connectivity index (χ1n) is 10.0. The number of nitrogens with two attached hydrogens (primary N) is 1. The summed E-state index contributed by atoms with van der Waals surface area (Å²) in [5, 5.41) is 21.9. The van der Waals surface area contributed by atoms with Crippen LogP contribution in [0, 0.1) is 0 Å². The number of benzene rings is 3. The topological polar surface area (TPSA) is 137 Å². The molecule has 5 aromatic rings. The van der Waals surface area contributed by atoms with Crippen LogP contribution in [-0.4, -0.2) is 36.9 Å². The Balaban J connectivity index is 1.48. The van der Waals surface area contributed by atoms with Gasteiger partial charge in [-0.1, -0.05) is 71.9 Å². The number of fused-ring (bicyclic) bond motifs is 1. The van der Waals surface area contributed by atoms with Crippen molar-refractivity contribution >= 4 is 28.2 Å². The van der Waals surface area contributed by atoms with E-state index in [1.165, 1.54) is 4.68 Å². The van der Waals surface area contributed by atoms with Crippen LogP contribution in [0.1, 0.15) is 23.0 Å². The van der Waals surface area contributed by atoms with Gasteiger partial charge in [0.1, 0.15) is 5.69 Å². The molecule has 3 N–H and O–H groups in total. The first-order valence-corrected chi connectivity index (χ1v) is 10.0. The minimum absolute atomic E-state index is 0.0224. The highest BCUT2D eigenvalue weighted by Crippen LogP contribution is 2.26. The average Bonchev–Trinajstić information content (AvgIpc) is 3.48. The molecule has 33 heavy (non-hydrogen) atoms. The predicted octanol–water partition coefficient (Wildman–Crippen LogP) is 3.21. The van der Waals surface area contributed by atoms with E-state index < -0.39 is 5.91 Å². The Kier molecular flexibility index (Phi) is 5.07. The molecule has 0 fully saturated rings. The second-order valence-electron chi connectivity index (χ2n) is 7.24. The molecular formula is C23H18N8O2. The average molecular weight is 438 g/mol. The zero-order chi connectivity index (χ0) is 22.8. The predicted molar refractivity (Wildman–Crippen MR) is 123 cm³/mol. The molecule has 0 aliphatic rings. The number of aromatic nitrogens is 5. The van der Waals surface area contributed by atoms with Gasteiger partial charge in [0, 0.05) is 5.56 Å². The van der Waals surface area contributed by atoms with Crippen LogP contribution in [-0.2, 0) is 0 Å². The summed E-state index contributed by atoms with van der Waals surface area (Å²) in [4.78, 5) is 13.0. The zero-order valence-corrected chi connectivity index (χ0v) is 17.5. The monoisotopic (exact) mass is 438 g/mol. The van der Waals surface area contributed by atoms with Crippen molar-refractivity contribution in [3.8, 4) is 17.1 Å². The van der Waals surface area contributed by atoms with Crippen LogP contribution in [0.5, 0.6) is 0 Å². The molecule has 0 atom stereocenters. The van der Waals surface area contributed by atoms with Gasteiger partial charge in [0.2, 0.25) is 11.6 Å². The van der Waals surface area contributed by atoms with E-state index in [0.717, 1.165) is 16.3 Å². The molecule has 0 spiro atoms. The fourth-order valence-electron chi connectivity index (χ4n) is 3.44. The smallest absolute Gasteiger partial charge is 0.294 e. The van der Waals surface area contributed by atoms with Crippen molar-refractivity contribution in [2.75, 3.05) is 5.73 Å². The maximum absolute atomic E-state index is 13.0. The van der Waals surface area contributed by atoms with Crippen molar-refractivity contribution in [1.82, 2.24) is 30.7 Å². The molecule has 162 valence electrons. The summed E-state index contributed by atoms with van der Waals surface area (Å²) in [6.45, 7) is 1.82. The highest BCUT2D eigenvalue weighted by Gasteiger charge is 2.25. The number of rotatable bonds is 5. The molecule has 10 nitrogen and oxygen atoms in total. The Labute approximate surface area is 187 Å². The van der Waals surface area contributed by atoms with Crippen molar-refractivity contribution in [3.05, 3.63) is 84.1 Å². The minimum Gasteiger partial charge on any atom is -0.378 e. The molecule has 5 rings (SSSR count). The SMILES string of the molecule is C/C(=N/NC(=O)c1nnn(-c2nonc2N)c1-c1ccccc1)c1ccc2ccccc2c1. The number of hydrazone groups is 1. The molecule has 2 heterocycles. The third-order valence-corrected chi connectivity index (χ3v) is 5.12. The Bertz CT molecular complexity index is 1490. The van der Waals surface area contributed by atoms with Gasteiger partial charge in [-0.05, 0) is 39.6 Å². The number of amides is 1. The van der Waals surface area contributed by atoms with Gasteiger partial charge >= 0.3 is 0 Å². The molecular weight excluding hydrogens is 420 g/mol. The molecule has 0 saturated carbocycles. The second-order valence-corrected chi connectivity index (χ2v) is 7.24. The lowest BCUT2D eigenvalue weighted by molar-refractivity contribution is 0.0950. The lowest BCUT2D eigenvalue weighted by atomic mass is 10.0. The van der Waals surface area contributed by atoms with Gasteiger partial charge < -0.3 is 5.73 Å². The highest BCUT2D eigenvalue weighted by atomic mass is 16.6. The number of carbonyl (C=O) groups excluding carboxylic acids is 1. The summed E-state index contributed by atoms with van der Waals surface area (Å²) in [5.41, 5.74) is 11.1. The Morgan fingerprint density at radius 3 is 2.52 bits per heavy atom. The van der Waals surface area contributed by atoms with Crippen molar-refractivity contribution < 1.29 is 9.42 Å². The Hall–Kier alpha value is -4.86. The number of hydrogen-bond acceptors (Lipinski definition) is 8. The number of nitrogens with one attached hydrogen (secondary N) is 1. The van der Waals surface area contributed by atoms with Crippen LogP contribution in [0.4, 0.5) is 5.82 Å². The summed E-state index contributed by atoms with van der Waals surface area (Å²) >= 11 is 0. The van der Waals surface area contributed by atoms with E-state index in [-0.39, 0.29) is 17.3 Å². The van der Waals surface area contributed by atoms with Gasteiger partial charge in [0.15, 0.2) is 5.69 Å². The van der Waals surface area contributed by atoms with Crippen LogP contribution >= 0.6 is 0 Å². The maximum atomic E-state index is 13.0. The molecule has 0 aliphatic carbocycles. The molecule has 1 amide bonds. The molecule has 0 bridgehead atoms. The first-order chi connectivity index (χ1) is 16.1. The van der Waals surface area contributed by atoms with Gasteiger partial charge in [-0.3, -0.25) is 4.79 Å². The third kappa shape index (κ3) is 3.81. The van der Waals surface area contributed by atoms with Crippen molar-refractivity contribution in [2.24, 2.45) is 5.10 Å². The molecule has 0 unspecified atom stereocenters. The number of carbonyl (C=O) groups is 1. The van der Waals surface area contributed by atoms with Gasteiger partial charge in [0.25, 0.3) is 5.91 Å². The van der Waals surface area contributed by atoms with E-state index >= 15 is 0 Å². The third-order valence-electron chi connectivity index (χ3n) is 5.12. The largest absolute Gasteiger partial charge is 0.378 e. The van der Waals surface area contributed by atoms with Gasteiger partial charge in [0.05, 0.1) is 5.71 Å². The maximum Gasteiger partial charge on any atom is 0.294 e. The van der Waals surface area contributed by atoms with Crippen LogP contribution < -0.4 is 11.2 Å². The molecule has 3 aromatic carbocycles. The molecule has 2 aromatic heterocycles. The van der Waals surface area contributed by atoms with E-state index in [9.17, 15) is 4.79 Å². The van der Waals surface area contributed by atoms with Gasteiger partial charge in [-0.15, -0.1) is 5.10 Å². The van der Waals surface area contributed by atoms with E-state index in [2.05, 4.69) is 35.8 Å². The lowest BCUT2D eigenvalue weighted by Gasteiger charge is -2.06. The summed E-state index contributed by atoms with van der Waals surface area (Å²) in [6, 6.07) is 23.2. The highest BCUT2D eigenvalue weighted by molar-refractivity contribution is 6.04. The Morgan fingerprint density at radius 1 is 1.00 bits per heavy atom. The second kappa shape index (κ2) is 8.35. The molecule has 0 radical (unpaired) electrons. The number of nitrogens with zero attached hydrogens (tertiary/aromatic N) is 6. The number of nitrogen functional groups attached to an aromatic ring is 1. The number of hydrogen-bond donors (Lipinski definition) is 2. The van der Waals surface area contributed by atoms with E-state index in [1.54, 1.807) is 0 Å². The fourth-order valence-corrected chi connectivity index (χ4v) is 3.44. The van der Waals surface area contributed by atoms with Gasteiger partial charge in [-0.2, -0.15) is 9.78 Å². The van der Waals surface area contributed by atoms with Gasteiger partial charge in [-0.25, -0.2) is 10.1 Å². The van der Waals surface area contributed by atoms with Crippen molar-refractivity contribution in [1.29, 1.82) is 0 Å². The summed E-state index contributed by atoms with van der Waals surface area (Å²) in [5.74, 6) is -0.374. The molecule has 0 saturated heterocycles.